The van der Waals surface area contributed by atoms with Crippen molar-refractivity contribution in [2.45, 2.75) is 27.2 Å². The van der Waals surface area contributed by atoms with Gasteiger partial charge in [0.05, 0.1) is 5.69 Å². The molecule has 0 saturated carbocycles. The Morgan fingerprint density at radius 1 is 1.29 bits per heavy atom. The Labute approximate surface area is 142 Å². The molecule has 0 bridgehead atoms. The Hall–Kier alpha value is -2.68. The molecule has 124 valence electrons. The first kappa shape index (κ1) is 16.2. The van der Waals surface area contributed by atoms with Crippen molar-refractivity contribution in [3.8, 4) is 6.07 Å². The number of nitriles is 1. The number of aromatic nitrogens is 3. The minimum absolute atomic E-state index is 0.502. The Balaban J connectivity index is 1.66. The summed E-state index contributed by atoms with van der Waals surface area (Å²) in [5.74, 6) is 2.14. The fourth-order valence-corrected chi connectivity index (χ4v) is 3.03. The van der Waals surface area contributed by atoms with Gasteiger partial charge in [-0.05, 0) is 50.8 Å². The van der Waals surface area contributed by atoms with Gasteiger partial charge in [0, 0.05) is 25.3 Å². The van der Waals surface area contributed by atoms with Crippen LogP contribution in [0.2, 0.25) is 0 Å². The van der Waals surface area contributed by atoms with Crippen molar-refractivity contribution in [2.75, 3.05) is 29.9 Å². The summed E-state index contributed by atoms with van der Waals surface area (Å²) in [5, 5.41) is 21.3. The van der Waals surface area contributed by atoms with Crippen LogP contribution in [0.25, 0.3) is 0 Å². The van der Waals surface area contributed by atoms with Crippen LogP contribution < -0.4 is 10.2 Å². The largest absolute Gasteiger partial charge is 0.370 e. The van der Waals surface area contributed by atoms with Crippen LogP contribution in [0.15, 0.2) is 18.2 Å². The van der Waals surface area contributed by atoms with Gasteiger partial charge in [-0.25, -0.2) is 4.98 Å². The summed E-state index contributed by atoms with van der Waals surface area (Å²) in [5.41, 5.74) is 3.40. The molecule has 0 aromatic carbocycles. The smallest absolute Gasteiger partial charge is 0.169 e. The fraction of sp³-hybridized carbons (Fsp3) is 0.444. The lowest BCUT2D eigenvalue weighted by molar-refractivity contribution is 0.620. The zero-order chi connectivity index (χ0) is 17.1. The van der Waals surface area contributed by atoms with Gasteiger partial charge in [0.2, 0.25) is 0 Å². The molecule has 2 aromatic rings. The molecule has 1 atom stereocenters. The number of rotatable bonds is 4. The number of aryl methyl sites for hydroxylation is 2. The van der Waals surface area contributed by atoms with Gasteiger partial charge in [-0.1, -0.05) is 6.07 Å². The third-order valence-electron chi connectivity index (χ3n) is 4.59. The van der Waals surface area contributed by atoms with Crippen molar-refractivity contribution >= 4 is 11.6 Å². The number of anilines is 2. The van der Waals surface area contributed by atoms with E-state index in [4.69, 9.17) is 0 Å². The number of pyridine rings is 1. The normalized spacial score (nSPS) is 16.9. The minimum Gasteiger partial charge on any atom is -0.370 e. The molecule has 3 rings (SSSR count). The third-order valence-corrected chi connectivity index (χ3v) is 4.59. The SMILES string of the molecule is Cc1cccc(NCC2CCN(c3nnc(C)c(C)c3C#N)C2)n1. The molecule has 6 nitrogen and oxygen atoms in total. The van der Waals surface area contributed by atoms with E-state index in [-0.39, 0.29) is 0 Å². The van der Waals surface area contributed by atoms with Crippen molar-refractivity contribution < 1.29 is 0 Å². The maximum Gasteiger partial charge on any atom is 0.169 e. The molecule has 1 N–H and O–H groups in total. The minimum atomic E-state index is 0.502. The molecule has 3 heterocycles. The van der Waals surface area contributed by atoms with E-state index in [1.54, 1.807) is 0 Å². The first-order valence-corrected chi connectivity index (χ1v) is 8.25. The fourth-order valence-electron chi connectivity index (χ4n) is 3.03. The van der Waals surface area contributed by atoms with Crippen LogP contribution in [0.1, 0.15) is 28.9 Å². The molecular weight excluding hydrogens is 300 g/mol. The second-order valence-electron chi connectivity index (χ2n) is 6.37. The van der Waals surface area contributed by atoms with Gasteiger partial charge in [0.15, 0.2) is 5.82 Å². The van der Waals surface area contributed by atoms with E-state index < -0.39 is 0 Å². The summed E-state index contributed by atoms with van der Waals surface area (Å²) in [6.07, 6.45) is 1.07. The first-order valence-electron chi connectivity index (χ1n) is 8.25. The predicted octanol–water partition coefficient (Wildman–Crippen LogP) is 2.61. The van der Waals surface area contributed by atoms with Gasteiger partial charge in [-0.15, -0.1) is 5.10 Å². The van der Waals surface area contributed by atoms with Gasteiger partial charge in [-0.3, -0.25) is 0 Å². The average Bonchev–Trinajstić information content (AvgIpc) is 3.04. The quantitative estimate of drug-likeness (QED) is 0.932. The van der Waals surface area contributed by atoms with Crippen LogP contribution in [0.3, 0.4) is 0 Å². The summed E-state index contributed by atoms with van der Waals surface area (Å²) >= 11 is 0. The molecule has 0 amide bonds. The number of nitrogens with one attached hydrogen (secondary N) is 1. The zero-order valence-corrected chi connectivity index (χ0v) is 14.4. The van der Waals surface area contributed by atoms with Crippen molar-refractivity contribution in [3.63, 3.8) is 0 Å². The van der Waals surface area contributed by atoms with Crippen molar-refractivity contribution in [1.82, 2.24) is 15.2 Å². The van der Waals surface area contributed by atoms with Gasteiger partial charge >= 0.3 is 0 Å². The maximum absolute atomic E-state index is 9.46. The van der Waals surface area contributed by atoms with Crippen molar-refractivity contribution in [3.05, 3.63) is 40.7 Å². The van der Waals surface area contributed by atoms with Crippen molar-refractivity contribution in [2.24, 2.45) is 5.92 Å². The highest BCUT2D eigenvalue weighted by Gasteiger charge is 2.26. The second kappa shape index (κ2) is 6.83. The Morgan fingerprint density at radius 2 is 2.12 bits per heavy atom. The topological polar surface area (TPSA) is 77.7 Å². The molecule has 1 fully saturated rings. The molecule has 1 aliphatic heterocycles. The molecule has 2 aromatic heterocycles. The van der Waals surface area contributed by atoms with Crippen LogP contribution in [-0.2, 0) is 0 Å². The van der Waals surface area contributed by atoms with E-state index in [0.29, 0.717) is 11.5 Å². The first-order chi connectivity index (χ1) is 11.6. The highest BCUT2D eigenvalue weighted by Crippen LogP contribution is 2.27. The molecule has 1 saturated heterocycles. The predicted molar refractivity (Wildman–Crippen MR) is 94.0 cm³/mol. The van der Waals surface area contributed by atoms with Crippen molar-refractivity contribution in [1.29, 1.82) is 5.26 Å². The van der Waals surface area contributed by atoms with Crippen LogP contribution in [0, 0.1) is 38.0 Å². The van der Waals surface area contributed by atoms with Crippen LogP contribution >= 0.6 is 0 Å². The van der Waals surface area contributed by atoms with Crippen LogP contribution in [-0.4, -0.2) is 34.8 Å². The van der Waals surface area contributed by atoms with Gasteiger partial charge in [0.25, 0.3) is 0 Å². The van der Waals surface area contributed by atoms with Crippen LogP contribution in [0.5, 0.6) is 0 Å². The summed E-state index contributed by atoms with van der Waals surface area (Å²) in [6, 6.07) is 8.28. The lowest BCUT2D eigenvalue weighted by Gasteiger charge is -2.19. The lowest BCUT2D eigenvalue weighted by Crippen LogP contribution is -2.25. The summed E-state index contributed by atoms with van der Waals surface area (Å²) < 4.78 is 0. The van der Waals surface area contributed by atoms with E-state index >= 15 is 0 Å². The lowest BCUT2D eigenvalue weighted by atomic mass is 10.1. The number of hydrogen-bond donors (Lipinski definition) is 1. The molecule has 0 spiro atoms. The monoisotopic (exact) mass is 322 g/mol. The molecule has 0 radical (unpaired) electrons. The Morgan fingerprint density at radius 3 is 2.88 bits per heavy atom. The molecule has 0 aliphatic carbocycles. The zero-order valence-electron chi connectivity index (χ0n) is 14.4. The highest BCUT2D eigenvalue weighted by molar-refractivity contribution is 5.58. The van der Waals surface area contributed by atoms with E-state index in [2.05, 4.69) is 31.5 Å². The van der Waals surface area contributed by atoms with Gasteiger partial charge in [0.1, 0.15) is 17.5 Å². The second-order valence-corrected chi connectivity index (χ2v) is 6.37. The highest BCUT2D eigenvalue weighted by atomic mass is 15.3. The molecule has 6 heteroatoms. The van der Waals surface area contributed by atoms with E-state index in [0.717, 1.165) is 54.6 Å². The number of hydrogen-bond acceptors (Lipinski definition) is 6. The molecule has 1 unspecified atom stereocenters. The Kier molecular flexibility index (Phi) is 4.61. The Bertz CT molecular complexity index is 780. The van der Waals surface area contributed by atoms with E-state index in [9.17, 15) is 5.26 Å². The summed E-state index contributed by atoms with van der Waals surface area (Å²) in [7, 11) is 0. The van der Waals surface area contributed by atoms with Gasteiger partial charge in [-0.2, -0.15) is 10.4 Å². The third kappa shape index (κ3) is 3.30. The molecular formula is C18H22N6. The standard InChI is InChI=1S/C18H22N6/c1-12-5-4-6-17(21-12)20-10-15-7-8-24(11-15)18-16(9-19)13(2)14(3)22-23-18/h4-6,15H,7-8,10-11H2,1-3H3,(H,20,21). The molecule has 24 heavy (non-hydrogen) atoms. The van der Waals surface area contributed by atoms with E-state index in [1.807, 2.05) is 39.0 Å². The number of nitrogens with zero attached hydrogens (tertiary/aromatic N) is 5. The molecule has 1 aliphatic rings. The average molecular weight is 322 g/mol. The van der Waals surface area contributed by atoms with E-state index in [1.165, 1.54) is 0 Å². The summed E-state index contributed by atoms with van der Waals surface area (Å²) in [4.78, 5) is 6.64. The maximum atomic E-state index is 9.46. The van der Waals surface area contributed by atoms with Gasteiger partial charge < -0.3 is 10.2 Å². The summed E-state index contributed by atoms with van der Waals surface area (Å²) in [6.45, 7) is 8.46. The van der Waals surface area contributed by atoms with Crippen LogP contribution in [0.4, 0.5) is 11.6 Å².